The quantitative estimate of drug-likeness (QED) is 0.485. The monoisotopic (exact) mass is 408 g/mol. The summed E-state index contributed by atoms with van der Waals surface area (Å²) in [6, 6.07) is 9.52. The number of non-ortho nitro benzene ring substituents is 1. The number of aromatic nitrogens is 1. The maximum Gasteiger partial charge on any atom is 0.416 e. The topological polar surface area (TPSA) is 111 Å². The third-order valence-electron chi connectivity index (χ3n) is 3.65. The SMILES string of the molecule is Nc1nc(-c2ccc([N+](=O)[O-])cc2)c(C(=O)Nc2cccc(C(F)(F)F)c2)s1. The number of carbonyl (C=O) groups excluding carboxylic acids is 1. The minimum atomic E-state index is -4.54. The highest BCUT2D eigenvalue weighted by Crippen LogP contribution is 2.33. The van der Waals surface area contributed by atoms with Gasteiger partial charge in [0.1, 0.15) is 4.88 Å². The number of nitrogens with two attached hydrogens (primary N) is 1. The summed E-state index contributed by atoms with van der Waals surface area (Å²) in [5.41, 5.74) is 5.19. The van der Waals surface area contributed by atoms with Crippen molar-refractivity contribution in [1.29, 1.82) is 0 Å². The summed E-state index contributed by atoms with van der Waals surface area (Å²) in [5, 5.41) is 13.2. The van der Waals surface area contributed by atoms with Crippen LogP contribution in [-0.4, -0.2) is 15.8 Å². The molecular formula is C17H11F3N4O3S. The zero-order valence-corrected chi connectivity index (χ0v) is 14.7. The van der Waals surface area contributed by atoms with Crippen LogP contribution in [0.15, 0.2) is 48.5 Å². The molecule has 1 amide bonds. The molecule has 0 saturated carbocycles. The third kappa shape index (κ3) is 4.09. The van der Waals surface area contributed by atoms with E-state index in [1.54, 1.807) is 0 Å². The van der Waals surface area contributed by atoms with Gasteiger partial charge in [-0.25, -0.2) is 4.98 Å². The van der Waals surface area contributed by atoms with E-state index in [9.17, 15) is 28.1 Å². The lowest BCUT2D eigenvalue weighted by molar-refractivity contribution is -0.384. The Morgan fingerprint density at radius 2 is 1.86 bits per heavy atom. The molecule has 28 heavy (non-hydrogen) atoms. The lowest BCUT2D eigenvalue weighted by Gasteiger charge is -2.10. The first kappa shape index (κ1) is 19.3. The fourth-order valence-corrected chi connectivity index (χ4v) is 3.14. The summed E-state index contributed by atoms with van der Waals surface area (Å²) in [6.45, 7) is 0. The predicted octanol–water partition coefficient (Wildman–Crippen LogP) is 4.57. The molecule has 0 radical (unpaired) electrons. The van der Waals surface area contributed by atoms with Crippen molar-refractivity contribution in [2.75, 3.05) is 11.1 Å². The highest BCUT2D eigenvalue weighted by molar-refractivity contribution is 7.17. The Morgan fingerprint density at radius 1 is 1.18 bits per heavy atom. The van der Waals surface area contributed by atoms with Crippen LogP contribution in [0.3, 0.4) is 0 Å². The van der Waals surface area contributed by atoms with E-state index < -0.39 is 22.6 Å². The first-order valence-corrected chi connectivity index (χ1v) is 8.46. The van der Waals surface area contributed by atoms with Crippen LogP contribution in [0.2, 0.25) is 0 Å². The molecule has 0 atom stereocenters. The van der Waals surface area contributed by atoms with Gasteiger partial charge >= 0.3 is 6.18 Å². The Bertz CT molecular complexity index is 1050. The predicted molar refractivity (Wildman–Crippen MR) is 98.0 cm³/mol. The number of hydrogen-bond donors (Lipinski definition) is 2. The van der Waals surface area contributed by atoms with Crippen LogP contribution < -0.4 is 11.1 Å². The van der Waals surface area contributed by atoms with Gasteiger partial charge < -0.3 is 11.1 Å². The number of nitrogens with one attached hydrogen (secondary N) is 1. The summed E-state index contributed by atoms with van der Waals surface area (Å²) < 4.78 is 38.5. The van der Waals surface area contributed by atoms with E-state index in [-0.39, 0.29) is 27.1 Å². The molecule has 0 aliphatic heterocycles. The average Bonchev–Trinajstić information content (AvgIpc) is 3.03. The zero-order valence-electron chi connectivity index (χ0n) is 13.9. The molecule has 0 bridgehead atoms. The Kier molecular flexibility index (Phi) is 5.01. The first-order chi connectivity index (χ1) is 13.1. The number of benzene rings is 2. The summed E-state index contributed by atoms with van der Waals surface area (Å²) in [6.07, 6.45) is -4.54. The molecule has 144 valence electrons. The molecule has 11 heteroatoms. The van der Waals surface area contributed by atoms with Crippen molar-refractivity contribution in [3.63, 3.8) is 0 Å². The molecule has 0 spiro atoms. The summed E-state index contributed by atoms with van der Waals surface area (Å²) >= 11 is 0.855. The molecule has 0 aliphatic rings. The van der Waals surface area contributed by atoms with Gasteiger partial charge in [0.25, 0.3) is 11.6 Å². The molecule has 0 aliphatic carbocycles. The van der Waals surface area contributed by atoms with Crippen molar-refractivity contribution in [2.24, 2.45) is 0 Å². The zero-order chi connectivity index (χ0) is 20.5. The van der Waals surface area contributed by atoms with E-state index in [1.807, 2.05) is 0 Å². The molecule has 2 aromatic carbocycles. The van der Waals surface area contributed by atoms with Crippen LogP contribution in [0, 0.1) is 10.1 Å². The number of alkyl halides is 3. The standard InChI is InChI=1S/C17H11F3N4O3S/c18-17(19,20)10-2-1-3-11(8-10)22-15(25)14-13(23-16(21)28-14)9-4-6-12(7-5-9)24(26)27/h1-8H,(H2,21,23)(H,22,25). The fourth-order valence-electron chi connectivity index (χ4n) is 2.39. The van der Waals surface area contributed by atoms with E-state index in [1.165, 1.54) is 36.4 Å². The van der Waals surface area contributed by atoms with E-state index in [4.69, 9.17) is 5.73 Å². The fraction of sp³-hybridized carbons (Fsp3) is 0.0588. The van der Waals surface area contributed by atoms with E-state index >= 15 is 0 Å². The first-order valence-electron chi connectivity index (χ1n) is 7.65. The highest BCUT2D eigenvalue weighted by atomic mass is 32.1. The number of nitro groups is 1. The summed E-state index contributed by atoms with van der Waals surface area (Å²) in [7, 11) is 0. The third-order valence-corrected chi connectivity index (χ3v) is 4.53. The molecule has 1 heterocycles. The van der Waals surface area contributed by atoms with Gasteiger partial charge in [-0.3, -0.25) is 14.9 Å². The maximum absolute atomic E-state index is 12.8. The van der Waals surface area contributed by atoms with Gasteiger partial charge in [-0.15, -0.1) is 0 Å². The van der Waals surface area contributed by atoms with Gasteiger partial charge in [-0.05, 0) is 30.3 Å². The van der Waals surface area contributed by atoms with Crippen molar-refractivity contribution in [3.8, 4) is 11.3 Å². The maximum atomic E-state index is 12.8. The second kappa shape index (κ2) is 7.27. The molecule has 0 unspecified atom stereocenters. The molecule has 1 aromatic heterocycles. The minimum absolute atomic E-state index is 0.0403. The number of nitrogen functional groups attached to an aromatic ring is 1. The van der Waals surface area contributed by atoms with Crippen LogP contribution in [-0.2, 0) is 6.18 Å². The lowest BCUT2D eigenvalue weighted by Crippen LogP contribution is -2.13. The van der Waals surface area contributed by atoms with Gasteiger partial charge in [0, 0.05) is 23.4 Å². The van der Waals surface area contributed by atoms with E-state index in [2.05, 4.69) is 10.3 Å². The summed E-state index contributed by atoms with van der Waals surface area (Å²) in [5.74, 6) is -0.693. The van der Waals surface area contributed by atoms with E-state index in [0.717, 1.165) is 23.5 Å². The largest absolute Gasteiger partial charge is 0.416 e. The average molecular weight is 408 g/mol. The number of anilines is 2. The van der Waals surface area contributed by atoms with Crippen molar-refractivity contribution in [1.82, 2.24) is 4.98 Å². The van der Waals surface area contributed by atoms with Gasteiger partial charge in [-0.2, -0.15) is 13.2 Å². The molecule has 0 saturated heterocycles. The van der Waals surface area contributed by atoms with Crippen LogP contribution in [0.4, 0.5) is 29.7 Å². The molecule has 3 rings (SSSR count). The van der Waals surface area contributed by atoms with Crippen LogP contribution >= 0.6 is 11.3 Å². The van der Waals surface area contributed by atoms with Gasteiger partial charge in [-0.1, -0.05) is 17.4 Å². The van der Waals surface area contributed by atoms with Crippen LogP contribution in [0.1, 0.15) is 15.2 Å². The van der Waals surface area contributed by atoms with Gasteiger partial charge in [0.2, 0.25) is 0 Å². The Balaban J connectivity index is 1.90. The summed E-state index contributed by atoms with van der Waals surface area (Å²) in [4.78, 5) is 26.9. The van der Waals surface area contributed by atoms with Crippen molar-refractivity contribution in [3.05, 3.63) is 69.1 Å². The number of hydrogen-bond acceptors (Lipinski definition) is 6. The smallest absolute Gasteiger partial charge is 0.375 e. The normalized spacial score (nSPS) is 11.2. The molecule has 3 N–H and O–H groups in total. The second-order valence-electron chi connectivity index (χ2n) is 5.57. The lowest BCUT2D eigenvalue weighted by atomic mass is 10.1. The molecule has 0 fully saturated rings. The van der Waals surface area contributed by atoms with Crippen molar-refractivity contribution >= 4 is 33.8 Å². The number of nitro benzene ring substituents is 1. The van der Waals surface area contributed by atoms with Crippen LogP contribution in [0.5, 0.6) is 0 Å². The van der Waals surface area contributed by atoms with Gasteiger partial charge in [0.15, 0.2) is 5.13 Å². The van der Waals surface area contributed by atoms with Crippen molar-refractivity contribution in [2.45, 2.75) is 6.18 Å². The van der Waals surface area contributed by atoms with Crippen LogP contribution in [0.25, 0.3) is 11.3 Å². The minimum Gasteiger partial charge on any atom is -0.375 e. The molecular weight excluding hydrogens is 397 g/mol. The number of amides is 1. The number of thiazole rings is 1. The number of nitrogens with zero attached hydrogens (tertiary/aromatic N) is 2. The molecule has 3 aromatic rings. The highest BCUT2D eigenvalue weighted by Gasteiger charge is 2.30. The van der Waals surface area contributed by atoms with E-state index in [0.29, 0.717) is 5.56 Å². The Hall–Kier alpha value is -3.47. The Labute approximate surface area is 159 Å². The van der Waals surface area contributed by atoms with Gasteiger partial charge in [0.05, 0.1) is 16.2 Å². The molecule has 7 nitrogen and oxygen atoms in total. The second-order valence-corrected chi connectivity index (χ2v) is 6.60. The Morgan fingerprint density at radius 3 is 2.46 bits per heavy atom. The number of halogens is 3. The number of rotatable bonds is 4. The number of carbonyl (C=O) groups is 1. The van der Waals surface area contributed by atoms with Crippen molar-refractivity contribution < 1.29 is 22.9 Å².